The van der Waals surface area contributed by atoms with Gasteiger partial charge in [-0.3, -0.25) is 4.98 Å². The van der Waals surface area contributed by atoms with Gasteiger partial charge in [-0.25, -0.2) is 14.5 Å². The number of imidazole rings is 1. The van der Waals surface area contributed by atoms with Crippen LogP contribution in [0, 0.1) is 0 Å². The first-order valence-corrected chi connectivity index (χ1v) is 11.7. The van der Waals surface area contributed by atoms with Crippen LogP contribution in [0.15, 0.2) is 55.1 Å². The molecule has 6 rings (SSSR count). The van der Waals surface area contributed by atoms with Crippen LogP contribution < -0.4 is 14.2 Å². The summed E-state index contributed by atoms with van der Waals surface area (Å²) in [6, 6.07) is 9.29. The van der Waals surface area contributed by atoms with Gasteiger partial charge in [-0.05, 0) is 48.1 Å². The number of nitrogens with zero attached hydrogens (tertiary/aromatic N) is 6. The summed E-state index contributed by atoms with van der Waals surface area (Å²) in [5.41, 5.74) is 4.10. The maximum Gasteiger partial charge on any atom is 0.422 e. The van der Waals surface area contributed by atoms with E-state index < -0.39 is 12.8 Å². The minimum Gasteiger partial charge on any atom is -0.482 e. The molecule has 12 heteroatoms. The molecule has 1 aliphatic carbocycles. The zero-order valence-corrected chi connectivity index (χ0v) is 20.3. The molecule has 1 saturated carbocycles. The minimum atomic E-state index is -4.45. The number of methoxy groups -OCH3 is 2. The minimum absolute atomic E-state index is 0.0533. The number of hydrogen-bond acceptors (Lipinski definition) is 8. The van der Waals surface area contributed by atoms with Gasteiger partial charge in [-0.15, -0.1) is 0 Å². The highest BCUT2D eigenvalue weighted by atomic mass is 19.4. The molecule has 4 aromatic heterocycles. The molecule has 0 radical (unpaired) electrons. The Labute approximate surface area is 214 Å². The lowest BCUT2D eigenvalue weighted by Crippen LogP contribution is -2.19. The fourth-order valence-corrected chi connectivity index (χ4v) is 4.70. The van der Waals surface area contributed by atoms with Crippen molar-refractivity contribution in [1.82, 2.24) is 29.5 Å². The van der Waals surface area contributed by atoms with E-state index in [1.165, 1.54) is 20.4 Å². The van der Waals surface area contributed by atoms with Crippen LogP contribution in [-0.4, -0.2) is 56.6 Å². The van der Waals surface area contributed by atoms with E-state index in [-0.39, 0.29) is 23.6 Å². The molecule has 0 saturated heterocycles. The van der Waals surface area contributed by atoms with Crippen LogP contribution in [0.1, 0.15) is 29.4 Å². The molecular formula is C26H21F3N6O3. The molecule has 0 aliphatic heterocycles. The summed E-state index contributed by atoms with van der Waals surface area (Å²) in [5.74, 6) is 0.548. The third-order valence-corrected chi connectivity index (χ3v) is 6.47. The average Bonchev–Trinajstić information content (AvgIpc) is 3.58. The maximum atomic E-state index is 12.9. The molecule has 38 heavy (non-hydrogen) atoms. The molecule has 9 nitrogen and oxygen atoms in total. The van der Waals surface area contributed by atoms with Gasteiger partial charge in [-0.1, -0.05) is 6.07 Å². The number of ether oxygens (including phenoxy) is 3. The Morgan fingerprint density at radius 1 is 1.03 bits per heavy atom. The van der Waals surface area contributed by atoms with Gasteiger partial charge in [-0.2, -0.15) is 23.3 Å². The van der Waals surface area contributed by atoms with E-state index in [2.05, 4.69) is 25.0 Å². The first kappa shape index (κ1) is 23.9. The predicted octanol–water partition coefficient (Wildman–Crippen LogP) is 4.96. The summed E-state index contributed by atoms with van der Waals surface area (Å²) >= 11 is 0. The van der Waals surface area contributed by atoms with E-state index in [0.717, 1.165) is 17.5 Å². The number of alkyl halides is 3. The van der Waals surface area contributed by atoms with E-state index in [9.17, 15) is 13.2 Å². The van der Waals surface area contributed by atoms with Gasteiger partial charge in [0.1, 0.15) is 11.3 Å². The molecule has 0 bridgehead atoms. The maximum absolute atomic E-state index is 12.9. The van der Waals surface area contributed by atoms with Crippen LogP contribution in [0.4, 0.5) is 13.2 Å². The van der Waals surface area contributed by atoms with Crippen LogP contribution >= 0.6 is 0 Å². The summed E-state index contributed by atoms with van der Waals surface area (Å²) in [6.07, 6.45) is 2.87. The lowest BCUT2D eigenvalue weighted by atomic mass is 10.0. The molecule has 0 amide bonds. The van der Waals surface area contributed by atoms with Crippen molar-refractivity contribution in [2.75, 3.05) is 20.8 Å². The molecule has 0 N–H and O–H groups in total. The van der Waals surface area contributed by atoms with Gasteiger partial charge >= 0.3 is 12.2 Å². The Morgan fingerprint density at radius 3 is 2.68 bits per heavy atom. The second-order valence-electron chi connectivity index (χ2n) is 8.91. The van der Waals surface area contributed by atoms with Crippen molar-refractivity contribution in [2.24, 2.45) is 0 Å². The van der Waals surface area contributed by atoms with Gasteiger partial charge in [0.15, 0.2) is 12.3 Å². The number of benzene rings is 1. The normalized spacial score (nSPS) is 17.1. The van der Waals surface area contributed by atoms with Crippen molar-refractivity contribution < 1.29 is 27.4 Å². The number of pyridine rings is 1. The molecule has 5 aromatic rings. The quantitative estimate of drug-likeness (QED) is 0.296. The van der Waals surface area contributed by atoms with Crippen molar-refractivity contribution in [1.29, 1.82) is 0 Å². The highest BCUT2D eigenvalue weighted by molar-refractivity contribution is 5.85. The van der Waals surface area contributed by atoms with Crippen molar-refractivity contribution in [2.45, 2.75) is 24.4 Å². The summed E-state index contributed by atoms with van der Waals surface area (Å²) < 4.78 is 56.1. The standard InChI is InChI=1S/C26H21F3N6O3/c1-36-24-19(12-32-25(33-24)37-2)20-11-18(23-31-6-7-35(23)34-20)17-10-16(17)15-8-14-4-3-5-30-22(14)21(9-15)38-13-26(27,28)29/h3-9,11-12,16-17H,10,13H2,1-2H3/t16-,17?/m1/s1. The van der Waals surface area contributed by atoms with Gasteiger partial charge in [0.05, 0.1) is 25.5 Å². The Kier molecular flexibility index (Phi) is 5.73. The molecule has 194 valence electrons. The lowest BCUT2D eigenvalue weighted by Gasteiger charge is -2.13. The van der Waals surface area contributed by atoms with Crippen molar-refractivity contribution >= 4 is 16.6 Å². The molecule has 2 atom stereocenters. The summed E-state index contributed by atoms with van der Waals surface area (Å²) in [5, 5.41) is 5.38. The Bertz CT molecular complexity index is 1660. The zero-order chi connectivity index (χ0) is 26.4. The summed E-state index contributed by atoms with van der Waals surface area (Å²) in [4.78, 5) is 17.2. The van der Waals surface area contributed by atoms with Crippen LogP contribution in [0.5, 0.6) is 17.6 Å². The molecule has 1 fully saturated rings. The summed E-state index contributed by atoms with van der Waals surface area (Å²) in [7, 11) is 2.98. The summed E-state index contributed by atoms with van der Waals surface area (Å²) in [6.45, 7) is -1.38. The molecule has 4 heterocycles. The highest BCUT2D eigenvalue weighted by Crippen LogP contribution is 2.56. The van der Waals surface area contributed by atoms with Crippen LogP contribution in [0.2, 0.25) is 0 Å². The van der Waals surface area contributed by atoms with Crippen LogP contribution in [0.3, 0.4) is 0 Å². The number of aromatic nitrogens is 6. The van der Waals surface area contributed by atoms with E-state index in [0.29, 0.717) is 33.7 Å². The first-order chi connectivity index (χ1) is 18.3. The van der Waals surface area contributed by atoms with E-state index >= 15 is 0 Å². The smallest absolute Gasteiger partial charge is 0.422 e. The van der Waals surface area contributed by atoms with Gasteiger partial charge in [0.2, 0.25) is 5.88 Å². The SMILES string of the molecule is COc1ncc(-c2cc(C3C[C@@H]3c3cc(OCC(F)(F)F)c4ncccc4c3)c3nccn3n2)c(OC)n1. The zero-order valence-electron chi connectivity index (χ0n) is 20.3. The average molecular weight is 522 g/mol. The molecule has 1 unspecified atom stereocenters. The first-order valence-electron chi connectivity index (χ1n) is 11.7. The fourth-order valence-electron chi connectivity index (χ4n) is 4.70. The highest BCUT2D eigenvalue weighted by Gasteiger charge is 2.42. The Morgan fingerprint density at radius 2 is 1.89 bits per heavy atom. The number of hydrogen-bond donors (Lipinski definition) is 0. The van der Waals surface area contributed by atoms with Gasteiger partial charge in [0, 0.05) is 35.7 Å². The number of halogens is 3. The van der Waals surface area contributed by atoms with E-state index in [1.54, 1.807) is 35.2 Å². The van der Waals surface area contributed by atoms with Gasteiger partial charge < -0.3 is 14.2 Å². The molecule has 0 spiro atoms. The van der Waals surface area contributed by atoms with Gasteiger partial charge in [0.25, 0.3) is 0 Å². The second kappa shape index (κ2) is 9.12. The predicted molar refractivity (Wildman–Crippen MR) is 131 cm³/mol. The fraction of sp³-hybridized carbons (Fsp3) is 0.269. The third-order valence-electron chi connectivity index (χ3n) is 6.47. The van der Waals surface area contributed by atoms with Crippen LogP contribution in [0.25, 0.3) is 27.8 Å². The molecule has 1 aromatic carbocycles. The van der Waals surface area contributed by atoms with E-state index in [4.69, 9.17) is 14.2 Å². The Hall–Kier alpha value is -4.48. The van der Waals surface area contributed by atoms with Crippen molar-refractivity contribution in [3.8, 4) is 28.9 Å². The monoisotopic (exact) mass is 522 g/mol. The van der Waals surface area contributed by atoms with Crippen molar-refractivity contribution in [3.63, 3.8) is 0 Å². The number of rotatable bonds is 7. The largest absolute Gasteiger partial charge is 0.482 e. The second-order valence-corrected chi connectivity index (χ2v) is 8.91. The molecule has 1 aliphatic rings. The van der Waals surface area contributed by atoms with E-state index in [1.807, 2.05) is 18.2 Å². The third kappa shape index (κ3) is 4.42. The topological polar surface area (TPSA) is 96.6 Å². The van der Waals surface area contributed by atoms with Crippen molar-refractivity contribution in [3.05, 3.63) is 66.2 Å². The lowest BCUT2D eigenvalue weighted by molar-refractivity contribution is -0.153. The van der Waals surface area contributed by atoms with Crippen LogP contribution in [-0.2, 0) is 0 Å². The number of fused-ring (bicyclic) bond motifs is 2. The molecular weight excluding hydrogens is 501 g/mol. The Balaban J connectivity index is 1.39.